The number of rotatable bonds is 5. The quantitative estimate of drug-likeness (QED) is 0.649. The number of halogens is 2. The maximum absolute atomic E-state index is 10.8. The van der Waals surface area contributed by atoms with Crippen LogP contribution < -0.4 is 5.19 Å². The summed E-state index contributed by atoms with van der Waals surface area (Å²) >= 11 is 11.9. The molecule has 2 radical (unpaired) electrons. The molecule has 0 aliphatic carbocycles. The Morgan fingerprint density at radius 1 is 1.10 bits per heavy atom. The van der Waals surface area contributed by atoms with Crippen molar-refractivity contribution in [3.8, 4) is 0 Å². The van der Waals surface area contributed by atoms with E-state index in [2.05, 4.69) is 32.0 Å². The van der Waals surface area contributed by atoms with Crippen molar-refractivity contribution in [2.45, 2.75) is 25.5 Å². The molecule has 0 aliphatic heterocycles. The standard InChI is InChI=1S/C17H18Cl2OSi/c1-12-4-3-5-16(13(12)2)21-11-17(20,10-18)14-6-8-15(19)9-7-14/h3-9,20H,10-11H2,1-2H3. The average molecular weight is 337 g/mol. The minimum Gasteiger partial charge on any atom is -0.384 e. The highest BCUT2D eigenvalue weighted by Gasteiger charge is 2.28. The molecule has 0 bridgehead atoms. The van der Waals surface area contributed by atoms with Gasteiger partial charge in [-0.3, -0.25) is 0 Å². The van der Waals surface area contributed by atoms with Crippen LogP contribution in [-0.4, -0.2) is 20.5 Å². The van der Waals surface area contributed by atoms with Crippen molar-refractivity contribution >= 4 is 37.9 Å². The molecule has 2 aromatic carbocycles. The van der Waals surface area contributed by atoms with Gasteiger partial charge in [0.25, 0.3) is 0 Å². The Hall–Kier alpha value is -0.803. The first-order valence-electron chi connectivity index (χ1n) is 6.81. The Labute approximate surface area is 138 Å². The van der Waals surface area contributed by atoms with Crippen LogP contribution >= 0.6 is 23.2 Å². The van der Waals surface area contributed by atoms with Gasteiger partial charge in [-0.05, 0) is 48.7 Å². The van der Waals surface area contributed by atoms with Gasteiger partial charge in [0.15, 0.2) is 0 Å². The van der Waals surface area contributed by atoms with Crippen LogP contribution in [0.4, 0.5) is 0 Å². The highest BCUT2D eigenvalue weighted by atomic mass is 35.5. The third kappa shape index (κ3) is 3.89. The lowest BCUT2D eigenvalue weighted by molar-refractivity contribution is 0.0826. The van der Waals surface area contributed by atoms with Crippen LogP contribution in [0.3, 0.4) is 0 Å². The van der Waals surface area contributed by atoms with E-state index in [0.717, 1.165) is 5.56 Å². The van der Waals surface area contributed by atoms with Gasteiger partial charge in [0.1, 0.15) is 5.60 Å². The smallest absolute Gasteiger partial charge is 0.101 e. The van der Waals surface area contributed by atoms with E-state index in [4.69, 9.17) is 23.2 Å². The second-order valence-corrected chi connectivity index (χ2v) is 7.22. The van der Waals surface area contributed by atoms with E-state index >= 15 is 0 Å². The van der Waals surface area contributed by atoms with Gasteiger partial charge in [0, 0.05) is 5.02 Å². The van der Waals surface area contributed by atoms with Gasteiger partial charge in [-0.2, -0.15) is 0 Å². The Morgan fingerprint density at radius 3 is 2.38 bits per heavy atom. The molecule has 2 aromatic rings. The highest BCUT2D eigenvalue weighted by Crippen LogP contribution is 2.28. The Balaban J connectivity index is 2.18. The molecule has 110 valence electrons. The molecular formula is C17H18Cl2OSi. The lowest BCUT2D eigenvalue weighted by Gasteiger charge is -2.26. The third-order valence-corrected chi connectivity index (χ3v) is 6.16. The van der Waals surface area contributed by atoms with Crippen molar-refractivity contribution in [2.24, 2.45) is 0 Å². The van der Waals surface area contributed by atoms with Crippen molar-refractivity contribution in [1.29, 1.82) is 0 Å². The molecule has 1 N–H and O–H groups in total. The minimum absolute atomic E-state index is 0.173. The van der Waals surface area contributed by atoms with Crippen LogP contribution in [0.25, 0.3) is 0 Å². The number of hydrogen-bond donors (Lipinski definition) is 1. The molecule has 0 saturated carbocycles. The molecule has 1 unspecified atom stereocenters. The largest absolute Gasteiger partial charge is 0.384 e. The zero-order valence-corrected chi connectivity index (χ0v) is 14.7. The van der Waals surface area contributed by atoms with Crippen LogP contribution in [0.1, 0.15) is 16.7 Å². The molecular weight excluding hydrogens is 319 g/mol. The molecule has 1 atom stereocenters. The van der Waals surface area contributed by atoms with Gasteiger partial charge in [-0.25, -0.2) is 0 Å². The summed E-state index contributed by atoms with van der Waals surface area (Å²) in [5.41, 5.74) is 2.38. The van der Waals surface area contributed by atoms with E-state index in [1.165, 1.54) is 16.3 Å². The molecule has 4 heteroatoms. The molecule has 0 amide bonds. The van der Waals surface area contributed by atoms with Crippen molar-refractivity contribution in [2.75, 3.05) is 5.88 Å². The summed E-state index contributed by atoms with van der Waals surface area (Å²) in [6, 6.07) is 14.2. The monoisotopic (exact) mass is 336 g/mol. The van der Waals surface area contributed by atoms with Crippen molar-refractivity contribution in [3.63, 3.8) is 0 Å². The molecule has 1 nitrogen and oxygen atoms in total. The average Bonchev–Trinajstić information content (AvgIpc) is 2.49. The normalized spacial score (nSPS) is 14.0. The first kappa shape index (κ1) is 16.6. The van der Waals surface area contributed by atoms with E-state index in [1.54, 1.807) is 12.1 Å². The van der Waals surface area contributed by atoms with Crippen LogP contribution in [0, 0.1) is 13.8 Å². The lowest BCUT2D eigenvalue weighted by Crippen LogP contribution is -2.33. The molecule has 0 aromatic heterocycles. The zero-order chi connectivity index (χ0) is 15.5. The van der Waals surface area contributed by atoms with Crippen LogP contribution in [0.5, 0.6) is 0 Å². The summed E-state index contributed by atoms with van der Waals surface area (Å²) < 4.78 is 0. The number of alkyl halides is 1. The fourth-order valence-corrected chi connectivity index (χ4v) is 4.19. The highest BCUT2D eigenvalue weighted by molar-refractivity contribution is 6.54. The molecule has 0 fully saturated rings. The second-order valence-electron chi connectivity index (χ2n) is 5.27. The van der Waals surface area contributed by atoms with Crippen LogP contribution in [0.15, 0.2) is 42.5 Å². The second kappa shape index (κ2) is 6.97. The molecule has 2 rings (SSSR count). The molecule has 0 aliphatic rings. The summed E-state index contributed by atoms with van der Waals surface area (Å²) in [6.07, 6.45) is 0. The van der Waals surface area contributed by atoms with E-state index in [-0.39, 0.29) is 5.88 Å². The number of aliphatic hydroxyl groups is 1. The molecule has 0 spiro atoms. The topological polar surface area (TPSA) is 20.2 Å². The van der Waals surface area contributed by atoms with E-state index in [1.807, 2.05) is 12.1 Å². The molecule has 21 heavy (non-hydrogen) atoms. The molecule has 0 heterocycles. The summed E-state index contributed by atoms with van der Waals surface area (Å²) in [5.74, 6) is 0.173. The van der Waals surface area contributed by atoms with Crippen molar-refractivity contribution < 1.29 is 5.11 Å². The van der Waals surface area contributed by atoms with E-state index in [0.29, 0.717) is 20.6 Å². The van der Waals surface area contributed by atoms with Crippen LogP contribution in [-0.2, 0) is 5.60 Å². The summed E-state index contributed by atoms with van der Waals surface area (Å²) in [6.45, 7) is 4.23. The van der Waals surface area contributed by atoms with Gasteiger partial charge < -0.3 is 5.11 Å². The van der Waals surface area contributed by atoms with E-state index in [9.17, 15) is 5.11 Å². The van der Waals surface area contributed by atoms with Gasteiger partial charge >= 0.3 is 0 Å². The maximum atomic E-state index is 10.8. The summed E-state index contributed by atoms with van der Waals surface area (Å²) in [7, 11) is 0.513. The zero-order valence-electron chi connectivity index (χ0n) is 12.2. The first-order chi connectivity index (χ1) is 9.96. The number of hydrogen-bond acceptors (Lipinski definition) is 1. The van der Waals surface area contributed by atoms with Crippen LogP contribution in [0.2, 0.25) is 11.1 Å². The number of aryl methyl sites for hydroxylation is 1. The maximum Gasteiger partial charge on any atom is 0.101 e. The SMILES string of the molecule is Cc1cccc([Si]CC(O)(CCl)c2ccc(Cl)cc2)c1C. The van der Waals surface area contributed by atoms with E-state index < -0.39 is 5.60 Å². The van der Waals surface area contributed by atoms with Gasteiger partial charge in [0.2, 0.25) is 0 Å². The fourth-order valence-electron chi connectivity index (χ4n) is 2.17. The Bertz CT molecular complexity index is 613. The minimum atomic E-state index is -1.01. The predicted octanol–water partition coefficient (Wildman–Crippen LogP) is 3.83. The van der Waals surface area contributed by atoms with Crippen molar-refractivity contribution in [1.82, 2.24) is 0 Å². The lowest BCUT2D eigenvalue weighted by atomic mass is 9.98. The molecule has 0 saturated heterocycles. The predicted molar refractivity (Wildman–Crippen MR) is 92.2 cm³/mol. The van der Waals surface area contributed by atoms with Gasteiger partial charge in [0.05, 0.1) is 15.4 Å². The van der Waals surface area contributed by atoms with Gasteiger partial charge in [-0.15, -0.1) is 11.6 Å². The van der Waals surface area contributed by atoms with Gasteiger partial charge in [-0.1, -0.05) is 47.1 Å². The Kier molecular flexibility index (Phi) is 5.50. The third-order valence-electron chi connectivity index (χ3n) is 3.78. The number of benzene rings is 2. The summed E-state index contributed by atoms with van der Waals surface area (Å²) in [5, 5.41) is 12.8. The summed E-state index contributed by atoms with van der Waals surface area (Å²) in [4.78, 5) is 0. The fraction of sp³-hybridized carbons (Fsp3) is 0.294. The van der Waals surface area contributed by atoms with Crippen molar-refractivity contribution in [3.05, 3.63) is 64.2 Å². The Morgan fingerprint density at radius 2 is 1.76 bits per heavy atom. The first-order valence-corrected chi connectivity index (χ1v) is 8.93.